The number of hydrogen-bond donors (Lipinski definition) is 0. The topological polar surface area (TPSA) is 9.23 Å². The molecule has 100 valence electrons. The summed E-state index contributed by atoms with van der Waals surface area (Å²) in [6.07, 6.45) is 9.99. The lowest BCUT2D eigenvalue weighted by Gasteiger charge is -2.34. The fourth-order valence-electron chi connectivity index (χ4n) is 3.75. The fourth-order valence-corrected chi connectivity index (χ4v) is 4.47. The number of rotatable bonds is 4. The van der Waals surface area contributed by atoms with Crippen molar-refractivity contribution in [2.45, 2.75) is 64.9 Å². The Balaban J connectivity index is 1.80. The molecule has 1 nitrogen and oxygen atoms in total. The third-order valence-corrected chi connectivity index (χ3v) is 5.90. The first-order valence-corrected chi connectivity index (χ1v) is 8.43. The Hall–Kier alpha value is 0.440. The highest BCUT2D eigenvalue weighted by Gasteiger charge is 2.34. The number of halogens is 1. The Morgan fingerprint density at radius 2 is 1.65 bits per heavy atom. The van der Waals surface area contributed by atoms with Crippen molar-refractivity contribution in [1.29, 1.82) is 0 Å². The van der Waals surface area contributed by atoms with Gasteiger partial charge in [0.1, 0.15) is 0 Å². The van der Waals surface area contributed by atoms with Crippen LogP contribution >= 0.6 is 15.9 Å². The minimum Gasteiger partial charge on any atom is -0.378 e. The van der Waals surface area contributed by atoms with Crippen LogP contribution in [0, 0.1) is 17.3 Å². The second-order valence-corrected chi connectivity index (χ2v) is 7.25. The van der Waals surface area contributed by atoms with Gasteiger partial charge in [0.05, 0.1) is 12.7 Å². The molecule has 0 saturated heterocycles. The van der Waals surface area contributed by atoms with E-state index in [1.54, 1.807) is 0 Å². The van der Waals surface area contributed by atoms with Crippen molar-refractivity contribution in [1.82, 2.24) is 0 Å². The molecule has 0 amide bonds. The van der Waals surface area contributed by atoms with Gasteiger partial charge in [0, 0.05) is 10.7 Å². The maximum atomic E-state index is 6.27. The van der Waals surface area contributed by atoms with Crippen molar-refractivity contribution in [3.05, 3.63) is 0 Å². The monoisotopic (exact) mass is 302 g/mol. The molecule has 0 aromatic carbocycles. The Bertz CT molecular complexity index is 225. The third-order valence-electron chi connectivity index (χ3n) is 4.71. The van der Waals surface area contributed by atoms with Gasteiger partial charge < -0.3 is 4.74 Å². The van der Waals surface area contributed by atoms with Gasteiger partial charge in [-0.3, -0.25) is 0 Å². The molecule has 0 aromatic rings. The summed E-state index contributed by atoms with van der Waals surface area (Å²) >= 11 is 3.70. The van der Waals surface area contributed by atoms with Gasteiger partial charge in [-0.05, 0) is 43.9 Å². The lowest BCUT2D eigenvalue weighted by molar-refractivity contribution is -0.0355. The maximum absolute atomic E-state index is 6.27. The van der Waals surface area contributed by atoms with Crippen molar-refractivity contribution >= 4 is 15.9 Å². The average Bonchev–Trinajstić information content (AvgIpc) is 2.74. The minimum absolute atomic E-state index is 0.462. The molecule has 0 bridgehead atoms. The summed E-state index contributed by atoms with van der Waals surface area (Å²) in [7, 11) is 0. The molecule has 2 heteroatoms. The molecule has 0 spiro atoms. The largest absolute Gasteiger partial charge is 0.378 e. The quantitative estimate of drug-likeness (QED) is 0.679. The van der Waals surface area contributed by atoms with E-state index in [1.165, 1.54) is 44.9 Å². The van der Waals surface area contributed by atoms with E-state index in [1.807, 2.05) is 0 Å². The van der Waals surface area contributed by atoms with Crippen LogP contribution in [0.3, 0.4) is 0 Å². The van der Waals surface area contributed by atoms with Gasteiger partial charge in [-0.15, -0.1) is 0 Å². The summed E-state index contributed by atoms with van der Waals surface area (Å²) < 4.78 is 6.27. The van der Waals surface area contributed by atoms with Crippen LogP contribution in [0.2, 0.25) is 0 Å². The highest BCUT2D eigenvalue weighted by molar-refractivity contribution is 9.09. The Morgan fingerprint density at radius 3 is 2.18 bits per heavy atom. The van der Waals surface area contributed by atoms with Crippen LogP contribution in [0.25, 0.3) is 0 Å². The third kappa shape index (κ3) is 3.70. The van der Waals surface area contributed by atoms with E-state index in [9.17, 15) is 0 Å². The highest BCUT2D eigenvalue weighted by Crippen LogP contribution is 2.41. The molecule has 2 unspecified atom stereocenters. The van der Waals surface area contributed by atoms with E-state index < -0.39 is 0 Å². The zero-order chi connectivity index (χ0) is 12.3. The van der Waals surface area contributed by atoms with Crippen LogP contribution in [0.5, 0.6) is 0 Å². The average molecular weight is 303 g/mol. The summed E-state index contributed by atoms with van der Waals surface area (Å²) in [4.78, 5) is 0. The zero-order valence-corrected chi connectivity index (χ0v) is 13.0. The van der Waals surface area contributed by atoms with Crippen LogP contribution in [-0.4, -0.2) is 18.0 Å². The molecule has 2 aliphatic rings. The molecule has 2 rings (SSSR count). The SMILES string of the molecule is CC1CC(C)CC(OCC2(CBr)CCCC2)C1. The van der Waals surface area contributed by atoms with Gasteiger partial charge in [0.2, 0.25) is 0 Å². The molecule has 2 aliphatic carbocycles. The Labute approximate surface area is 115 Å². The Kier molecular flexibility index (Phi) is 4.94. The molecule has 17 heavy (non-hydrogen) atoms. The highest BCUT2D eigenvalue weighted by atomic mass is 79.9. The summed E-state index contributed by atoms with van der Waals surface area (Å²) in [5.74, 6) is 1.71. The lowest BCUT2D eigenvalue weighted by Crippen LogP contribution is -2.32. The maximum Gasteiger partial charge on any atom is 0.0580 e. The fraction of sp³-hybridized carbons (Fsp3) is 1.00. The minimum atomic E-state index is 0.462. The molecule has 2 atom stereocenters. The summed E-state index contributed by atoms with van der Waals surface area (Å²) in [6, 6.07) is 0. The van der Waals surface area contributed by atoms with Crippen molar-refractivity contribution < 1.29 is 4.74 Å². The first kappa shape index (κ1) is 13.9. The predicted octanol–water partition coefficient (Wildman–Crippen LogP) is 4.78. The van der Waals surface area contributed by atoms with E-state index in [0.717, 1.165) is 23.8 Å². The van der Waals surface area contributed by atoms with Gasteiger partial charge in [-0.25, -0.2) is 0 Å². The first-order chi connectivity index (χ1) is 8.13. The van der Waals surface area contributed by atoms with Crippen molar-refractivity contribution in [3.8, 4) is 0 Å². The second kappa shape index (κ2) is 6.06. The molecule has 0 aromatic heterocycles. The first-order valence-electron chi connectivity index (χ1n) is 7.31. The van der Waals surface area contributed by atoms with Crippen molar-refractivity contribution in [2.24, 2.45) is 17.3 Å². The molecule has 0 heterocycles. The molecule has 2 saturated carbocycles. The summed E-state index contributed by atoms with van der Waals surface area (Å²) in [5.41, 5.74) is 0.462. The van der Waals surface area contributed by atoms with Gasteiger partial charge >= 0.3 is 0 Å². The van der Waals surface area contributed by atoms with Gasteiger partial charge in [-0.2, -0.15) is 0 Å². The normalized spacial score (nSPS) is 37.2. The molecular formula is C15H27BrO. The summed E-state index contributed by atoms with van der Waals surface area (Å²) in [5, 5.41) is 1.12. The molecule has 0 aliphatic heterocycles. The Morgan fingerprint density at radius 1 is 1.06 bits per heavy atom. The van der Waals surface area contributed by atoms with Gasteiger partial charge in [0.25, 0.3) is 0 Å². The van der Waals surface area contributed by atoms with Crippen molar-refractivity contribution in [3.63, 3.8) is 0 Å². The number of ether oxygens (including phenoxy) is 1. The molecule has 0 N–H and O–H groups in total. The summed E-state index contributed by atoms with van der Waals surface area (Å²) in [6.45, 7) is 5.74. The zero-order valence-electron chi connectivity index (χ0n) is 11.4. The van der Waals surface area contributed by atoms with Crippen LogP contribution in [0.1, 0.15) is 58.8 Å². The van der Waals surface area contributed by atoms with Gasteiger partial charge in [0.15, 0.2) is 0 Å². The molecule has 0 radical (unpaired) electrons. The van der Waals surface area contributed by atoms with E-state index in [0.29, 0.717) is 11.5 Å². The van der Waals surface area contributed by atoms with Crippen LogP contribution in [0.15, 0.2) is 0 Å². The second-order valence-electron chi connectivity index (χ2n) is 6.69. The number of hydrogen-bond acceptors (Lipinski definition) is 1. The molecular weight excluding hydrogens is 276 g/mol. The van der Waals surface area contributed by atoms with Gasteiger partial charge in [-0.1, -0.05) is 42.6 Å². The smallest absolute Gasteiger partial charge is 0.0580 e. The van der Waals surface area contributed by atoms with Crippen LogP contribution < -0.4 is 0 Å². The van der Waals surface area contributed by atoms with Crippen molar-refractivity contribution in [2.75, 3.05) is 11.9 Å². The lowest BCUT2D eigenvalue weighted by atomic mass is 9.81. The van der Waals surface area contributed by atoms with Crippen LogP contribution in [-0.2, 0) is 4.74 Å². The number of alkyl halides is 1. The predicted molar refractivity (Wildman–Crippen MR) is 76.6 cm³/mol. The van der Waals surface area contributed by atoms with E-state index in [2.05, 4.69) is 29.8 Å². The van der Waals surface area contributed by atoms with E-state index in [4.69, 9.17) is 4.74 Å². The van der Waals surface area contributed by atoms with Crippen LogP contribution in [0.4, 0.5) is 0 Å². The van der Waals surface area contributed by atoms with E-state index in [-0.39, 0.29) is 0 Å². The molecule has 2 fully saturated rings. The van der Waals surface area contributed by atoms with E-state index >= 15 is 0 Å². The standard InChI is InChI=1S/C15H27BrO/c1-12-7-13(2)9-14(8-12)17-11-15(10-16)5-3-4-6-15/h12-14H,3-11H2,1-2H3.